The van der Waals surface area contributed by atoms with Crippen LogP contribution in [0.1, 0.15) is 30.9 Å². The Morgan fingerprint density at radius 2 is 2.33 bits per heavy atom. The van der Waals surface area contributed by atoms with E-state index in [1.165, 1.54) is 0 Å². The smallest absolute Gasteiger partial charge is 0.155 e. The fourth-order valence-electron chi connectivity index (χ4n) is 2.32. The number of aromatic nitrogens is 3. The van der Waals surface area contributed by atoms with Gasteiger partial charge in [0.25, 0.3) is 0 Å². The van der Waals surface area contributed by atoms with Crippen LogP contribution in [0.25, 0.3) is 5.65 Å². The van der Waals surface area contributed by atoms with Crippen LogP contribution < -0.4 is 5.32 Å². The van der Waals surface area contributed by atoms with Crippen molar-refractivity contribution < 1.29 is 9.52 Å². The normalized spacial score (nSPS) is 14.4. The first kappa shape index (κ1) is 13.8. The molecule has 0 aliphatic carbocycles. The molecule has 2 unspecified atom stereocenters. The van der Waals surface area contributed by atoms with Gasteiger partial charge in [-0.15, -0.1) is 0 Å². The molecule has 3 aromatic rings. The second-order valence-corrected chi connectivity index (χ2v) is 5.10. The number of hydrogen-bond donors (Lipinski definition) is 2. The third kappa shape index (κ3) is 3.12. The van der Waals surface area contributed by atoms with E-state index < -0.39 is 6.10 Å². The van der Waals surface area contributed by atoms with Crippen molar-refractivity contribution in [2.75, 3.05) is 0 Å². The highest BCUT2D eigenvalue weighted by Gasteiger charge is 2.14. The van der Waals surface area contributed by atoms with Crippen LogP contribution in [0, 0.1) is 0 Å². The molecule has 0 aromatic carbocycles. The maximum Gasteiger partial charge on any atom is 0.155 e. The van der Waals surface area contributed by atoms with Gasteiger partial charge in [-0.1, -0.05) is 0 Å². The summed E-state index contributed by atoms with van der Waals surface area (Å²) in [4.78, 5) is 8.34. The number of imidazole rings is 1. The van der Waals surface area contributed by atoms with Gasteiger partial charge in [0.1, 0.15) is 11.9 Å². The van der Waals surface area contributed by atoms with Gasteiger partial charge in [-0.2, -0.15) is 0 Å². The molecule has 3 aromatic heterocycles. The standard InChI is InChI=1S/C15H18N4O2/c1-11(7-13(20)14-3-2-6-21-14)17-8-12-9-18-15-10-16-4-5-19(12)15/h2-6,9-11,13,17,20H,7-8H2,1H3. The van der Waals surface area contributed by atoms with Gasteiger partial charge in [-0.25, -0.2) is 4.98 Å². The van der Waals surface area contributed by atoms with Gasteiger partial charge in [0.15, 0.2) is 5.65 Å². The molecule has 6 nitrogen and oxygen atoms in total. The second kappa shape index (κ2) is 6.07. The van der Waals surface area contributed by atoms with E-state index in [2.05, 4.69) is 15.3 Å². The van der Waals surface area contributed by atoms with E-state index in [-0.39, 0.29) is 6.04 Å². The lowest BCUT2D eigenvalue weighted by Gasteiger charge is -2.16. The highest BCUT2D eigenvalue weighted by Crippen LogP contribution is 2.18. The average Bonchev–Trinajstić information content (AvgIpc) is 3.15. The quantitative estimate of drug-likeness (QED) is 0.724. The van der Waals surface area contributed by atoms with Gasteiger partial charge >= 0.3 is 0 Å². The van der Waals surface area contributed by atoms with Crippen molar-refractivity contribution in [2.24, 2.45) is 0 Å². The van der Waals surface area contributed by atoms with Crippen LogP contribution in [-0.4, -0.2) is 25.5 Å². The summed E-state index contributed by atoms with van der Waals surface area (Å²) in [6.45, 7) is 2.72. The molecule has 2 atom stereocenters. The van der Waals surface area contributed by atoms with Gasteiger partial charge in [-0.05, 0) is 25.5 Å². The Hall–Kier alpha value is -2.18. The molecule has 0 aliphatic heterocycles. The van der Waals surface area contributed by atoms with E-state index in [1.54, 1.807) is 30.8 Å². The summed E-state index contributed by atoms with van der Waals surface area (Å²) >= 11 is 0. The van der Waals surface area contributed by atoms with E-state index in [9.17, 15) is 5.11 Å². The zero-order chi connectivity index (χ0) is 14.7. The van der Waals surface area contributed by atoms with Crippen LogP contribution in [0.3, 0.4) is 0 Å². The first-order valence-corrected chi connectivity index (χ1v) is 6.95. The molecule has 0 amide bonds. The minimum Gasteiger partial charge on any atom is -0.467 e. The zero-order valence-corrected chi connectivity index (χ0v) is 11.8. The Bertz CT molecular complexity index is 693. The summed E-state index contributed by atoms with van der Waals surface area (Å²) in [5, 5.41) is 13.4. The first-order chi connectivity index (χ1) is 10.2. The molecule has 0 aliphatic rings. The number of furan rings is 1. The molecule has 110 valence electrons. The van der Waals surface area contributed by atoms with Crippen LogP contribution in [0.4, 0.5) is 0 Å². The lowest BCUT2D eigenvalue weighted by Crippen LogP contribution is -2.27. The third-order valence-electron chi connectivity index (χ3n) is 3.47. The second-order valence-electron chi connectivity index (χ2n) is 5.10. The predicted octanol–water partition coefficient (Wildman–Crippen LogP) is 1.92. The molecular weight excluding hydrogens is 268 g/mol. The van der Waals surface area contributed by atoms with Crippen LogP contribution in [0.5, 0.6) is 0 Å². The molecule has 0 saturated carbocycles. The largest absolute Gasteiger partial charge is 0.467 e. The molecular formula is C15H18N4O2. The fraction of sp³-hybridized carbons (Fsp3) is 0.333. The fourth-order valence-corrected chi connectivity index (χ4v) is 2.32. The topological polar surface area (TPSA) is 75.6 Å². The van der Waals surface area contributed by atoms with Crippen molar-refractivity contribution in [3.05, 3.63) is 54.6 Å². The minimum atomic E-state index is -0.589. The molecule has 21 heavy (non-hydrogen) atoms. The van der Waals surface area contributed by atoms with E-state index in [0.717, 1.165) is 11.3 Å². The van der Waals surface area contributed by atoms with Gasteiger partial charge in [0, 0.05) is 25.0 Å². The first-order valence-electron chi connectivity index (χ1n) is 6.95. The number of hydrogen-bond acceptors (Lipinski definition) is 5. The highest BCUT2D eigenvalue weighted by molar-refractivity contribution is 5.36. The Morgan fingerprint density at radius 3 is 3.14 bits per heavy atom. The Balaban J connectivity index is 1.57. The number of aliphatic hydroxyl groups is 1. The number of aliphatic hydroxyl groups excluding tert-OH is 1. The van der Waals surface area contributed by atoms with Crippen molar-refractivity contribution in [1.29, 1.82) is 0 Å². The summed E-state index contributed by atoms with van der Waals surface area (Å²) in [5.41, 5.74) is 1.89. The Labute approximate surface area is 122 Å². The van der Waals surface area contributed by atoms with Crippen molar-refractivity contribution in [2.45, 2.75) is 32.0 Å². The molecule has 3 heterocycles. The maximum absolute atomic E-state index is 10.0. The molecule has 0 radical (unpaired) electrons. The molecule has 2 N–H and O–H groups in total. The summed E-state index contributed by atoms with van der Waals surface area (Å²) in [6, 6.07) is 3.72. The lowest BCUT2D eigenvalue weighted by atomic mass is 10.1. The van der Waals surface area contributed by atoms with E-state index >= 15 is 0 Å². The van der Waals surface area contributed by atoms with E-state index in [0.29, 0.717) is 18.7 Å². The van der Waals surface area contributed by atoms with Crippen LogP contribution in [0.15, 0.2) is 47.6 Å². The van der Waals surface area contributed by atoms with Crippen LogP contribution in [0.2, 0.25) is 0 Å². The molecule has 0 fully saturated rings. The average molecular weight is 286 g/mol. The number of nitrogens with zero attached hydrogens (tertiary/aromatic N) is 3. The molecule has 6 heteroatoms. The maximum atomic E-state index is 10.0. The summed E-state index contributed by atoms with van der Waals surface area (Å²) in [6.07, 6.45) is 8.76. The Kier molecular flexibility index (Phi) is 3.98. The van der Waals surface area contributed by atoms with Gasteiger partial charge in [0.2, 0.25) is 0 Å². The highest BCUT2D eigenvalue weighted by atomic mass is 16.4. The minimum absolute atomic E-state index is 0.150. The number of nitrogens with one attached hydrogen (secondary N) is 1. The van der Waals surface area contributed by atoms with Crippen molar-refractivity contribution in [1.82, 2.24) is 19.7 Å². The van der Waals surface area contributed by atoms with Crippen LogP contribution >= 0.6 is 0 Å². The van der Waals surface area contributed by atoms with E-state index in [1.807, 2.05) is 23.7 Å². The SMILES string of the molecule is CC(CC(O)c1ccco1)NCc1cnc2cnccn12. The third-order valence-corrected chi connectivity index (χ3v) is 3.47. The summed E-state index contributed by atoms with van der Waals surface area (Å²) < 4.78 is 7.20. The lowest BCUT2D eigenvalue weighted by molar-refractivity contribution is 0.128. The van der Waals surface area contributed by atoms with Crippen molar-refractivity contribution >= 4 is 5.65 Å². The number of rotatable bonds is 6. The predicted molar refractivity (Wildman–Crippen MR) is 77.6 cm³/mol. The summed E-state index contributed by atoms with van der Waals surface area (Å²) in [7, 11) is 0. The van der Waals surface area contributed by atoms with Crippen molar-refractivity contribution in [3.8, 4) is 0 Å². The van der Waals surface area contributed by atoms with Gasteiger partial charge in [-0.3, -0.25) is 9.38 Å². The van der Waals surface area contributed by atoms with Gasteiger partial charge in [0.05, 0.1) is 24.4 Å². The molecule has 0 saturated heterocycles. The van der Waals surface area contributed by atoms with Crippen molar-refractivity contribution in [3.63, 3.8) is 0 Å². The van der Waals surface area contributed by atoms with E-state index in [4.69, 9.17) is 4.42 Å². The zero-order valence-electron chi connectivity index (χ0n) is 11.8. The molecule has 0 bridgehead atoms. The Morgan fingerprint density at radius 1 is 1.43 bits per heavy atom. The monoisotopic (exact) mass is 286 g/mol. The van der Waals surface area contributed by atoms with Gasteiger partial charge < -0.3 is 14.8 Å². The number of fused-ring (bicyclic) bond motifs is 1. The van der Waals surface area contributed by atoms with Crippen LogP contribution in [-0.2, 0) is 6.54 Å². The molecule has 3 rings (SSSR count). The molecule has 0 spiro atoms. The summed E-state index contributed by atoms with van der Waals surface area (Å²) in [5.74, 6) is 0.601.